The lowest BCUT2D eigenvalue weighted by Crippen LogP contribution is -2.24. The van der Waals surface area contributed by atoms with Crippen molar-refractivity contribution < 1.29 is 4.79 Å². The summed E-state index contributed by atoms with van der Waals surface area (Å²) in [4.78, 5) is 30.9. The van der Waals surface area contributed by atoms with Crippen LogP contribution >= 0.6 is 0 Å². The first-order valence-electron chi connectivity index (χ1n) is 7.00. The number of Topliss-reactive ketones (excluding diaryl/α,β-unsaturated/α-hetero) is 1. The van der Waals surface area contributed by atoms with Crippen LogP contribution < -0.4 is 5.56 Å². The monoisotopic (exact) mass is 284 g/mol. The molecular weight excluding hydrogens is 264 g/mol. The zero-order valence-corrected chi connectivity index (χ0v) is 12.6. The number of H-pyrrole nitrogens is 1. The van der Waals surface area contributed by atoms with Gasteiger partial charge in [0.05, 0.1) is 0 Å². The second kappa shape index (κ2) is 6.04. The van der Waals surface area contributed by atoms with Gasteiger partial charge < -0.3 is 4.98 Å². The highest BCUT2D eigenvalue weighted by Crippen LogP contribution is 2.20. The van der Waals surface area contributed by atoms with Gasteiger partial charge in [0.1, 0.15) is 0 Å². The Morgan fingerprint density at radius 1 is 1.19 bits per heavy atom. The average molecular weight is 284 g/mol. The first-order valence-corrected chi connectivity index (χ1v) is 7.00. The quantitative estimate of drug-likeness (QED) is 0.878. The second-order valence-corrected chi connectivity index (χ2v) is 6.41. The molecule has 0 atom stereocenters. The van der Waals surface area contributed by atoms with Crippen molar-refractivity contribution >= 4 is 5.78 Å². The molecule has 0 amide bonds. The predicted octanol–water partition coefficient (Wildman–Crippen LogP) is 2.98. The molecule has 4 heteroatoms. The van der Waals surface area contributed by atoms with Crippen molar-refractivity contribution in [3.8, 4) is 0 Å². The highest BCUT2D eigenvalue weighted by atomic mass is 16.1. The lowest BCUT2D eigenvalue weighted by molar-refractivity contribution is 0.0933. The van der Waals surface area contributed by atoms with Gasteiger partial charge in [-0.05, 0) is 11.0 Å². The average Bonchev–Trinajstić information content (AvgIpc) is 2.37. The first kappa shape index (κ1) is 15.2. The molecule has 110 valence electrons. The maximum absolute atomic E-state index is 12.1. The number of carbonyl (C=O) groups excluding carboxylic acids is 1. The van der Waals surface area contributed by atoms with E-state index in [1.54, 1.807) is 6.20 Å². The molecule has 2 rings (SSSR count). The third kappa shape index (κ3) is 4.38. The van der Waals surface area contributed by atoms with E-state index in [1.807, 2.05) is 51.1 Å². The Morgan fingerprint density at radius 3 is 2.43 bits per heavy atom. The molecule has 0 unspecified atom stereocenters. The van der Waals surface area contributed by atoms with Gasteiger partial charge in [-0.2, -0.15) is 0 Å². The molecule has 0 fully saturated rings. The van der Waals surface area contributed by atoms with E-state index in [4.69, 9.17) is 0 Å². The number of nitrogens with one attached hydrogen (secondary N) is 1. The van der Waals surface area contributed by atoms with E-state index >= 15 is 0 Å². The summed E-state index contributed by atoms with van der Waals surface area (Å²) in [5, 5.41) is 0. The van der Waals surface area contributed by atoms with Gasteiger partial charge in [0, 0.05) is 24.7 Å². The highest BCUT2D eigenvalue weighted by molar-refractivity contribution is 5.94. The van der Waals surface area contributed by atoms with Gasteiger partial charge in [-0.3, -0.25) is 9.59 Å². The van der Waals surface area contributed by atoms with Crippen LogP contribution in [0.25, 0.3) is 0 Å². The Hall–Kier alpha value is -2.23. The molecule has 21 heavy (non-hydrogen) atoms. The van der Waals surface area contributed by atoms with Crippen LogP contribution in [-0.2, 0) is 6.42 Å². The van der Waals surface area contributed by atoms with Crippen LogP contribution in [0.5, 0.6) is 0 Å². The molecule has 1 heterocycles. The fourth-order valence-corrected chi connectivity index (χ4v) is 2.11. The van der Waals surface area contributed by atoms with Crippen LogP contribution in [0.4, 0.5) is 0 Å². The molecule has 0 radical (unpaired) electrons. The van der Waals surface area contributed by atoms with Crippen LogP contribution in [0.15, 0.2) is 41.3 Å². The van der Waals surface area contributed by atoms with Crippen molar-refractivity contribution in [3.63, 3.8) is 0 Å². The van der Waals surface area contributed by atoms with Crippen LogP contribution in [0.2, 0.25) is 0 Å². The zero-order chi connectivity index (χ0) is 15.5. The number of benzene rings is 1. The molecule has 0 saturated carbocycles. The number of hydrogen-bond donors (Lipinski definition) is 1. The van der Waals surface area contributed by atoms with Crippen molar-refractivity contribution in [2.45, 2.75) is 33.6 Å². The van der Waals surface area contributed by atoms with E-state index in [0.29, 0.717) is 18.5 Å². The number of nitrogens with zero attached hydrogens (tertiary/aromatic N) is 1. The standard InChI is InChI=1S/C17H20N2O2/c1-17(2,3)10-14(20)15-16(21)19-13(11-18-15)9-12-7-5-4-6-8-12/h4-8,11H,9-10H2,1-3H3,(H,19,21). The van der Waals surface area contributed by atoms with Crippen molar-refractivity contribution in [3.05, 3.63) is 63.8 Å². The fraction of sp³-hybridized carbons (Fsp3) is 0.353. The van der Waals surface area contributed by atoms with Gasteiger partial charge in [-0.25, -0.2) is 4.98 Å². The summed E-state index contributed by atoms with van der Waals surface area (Å²) in [5.41, 5.74) is 1.23. The van der Waals surface area contributed by atoms with E-state index in [0.717, 1.165) is 5.56 Å². The molecule has 0 aliphatic heterocycles. The summed E-state index contributed by atoms with van der Waals surface area (Å²) in [5.74, 6) is -0.213. The molecule has 0 spiro atoms. The number of aromatic amines is 1. The van der Waals surface area contributed by atoms with E-state index in [-0.39, 0.29) is 16.9 Å². The first-order chi connectivity index (χ1) is 9.85. The maximum Gasteiger partial charge on any atom is 0.277 e. The molecule has 1 N–H and O–H groups in total. The molecule has 0 aliphatic carbocycles. The highest BCUT2D eigenvalue weighted by Gasteiger charge is 2.20. The molecule has 1 aromatic heterocycles. The van der Waals surface area contributed by atoms with Crippen LogP contribution in [-0.4, -0.2) is 15.8 Å². The third-order valence-corrected chi connectivity index (χ3v) is 3.03. The lowest BCUT2D eigenvalue weighted by Gasteiger charge is -2.16. The number of rotatable bonds is 4. The van der Waals surface area contributed by atoms with Crippen LogP contribution in [0.1, 0.15) is 48.9 Å². The Bertz CT molecular complexity index is 682. The van der Waals surface area contributed by atoms with Crippen LogP contribution in [0.3, 0.4) is 0 Å². The molecule has 2 aromatic rings. The number of aromatic nitrogens is 2. The van der Waals surface area contributed by atoms with Crippen molar-refractivity contribution in [1.29, 1.82) is 0 Å². The van der Waals surface area contributed by atoms with Gasteiger partial charge in [0.2, 0.25) is 0 Å². The zero-order valence-electron chi connectivity index (χ0n) is 12.6. The predicted molar refractivity (Wildman–Crippen MR) is 82.5 cm³/mol. The van der Waals surface area contributed by atoms with Crippen molar-refractivity contribution in [1.82, 2.24) is 9.97 Å². The fourth-order valence-electron chi connectivity index (χ4n) is 2.11. The summed E-state index contributed by atoms with van der Waals surface area (Å²) in [6, 6.07) is 9.80. The van der Waals surface area contributed by atoms with E-state index in [1.165, 1.54) is 0 Å². The molecule has 0 saturated heterocycles. The van der Waals surface area contributed by atoms with Gasteiger partial charge in [0.15, 0.2) is 11.5 Å². The Kier molecular flexibility index (Phi) is 4.36. The normalized spacial score (nSPS) is 11.4. The van der Waals surface area contributed by atoms with E-state index in [2.05, 4.69) is 9.97 Å². The summed E-state index contributed by atoms with van der Waals surface area (Å²) in [6.45, 7) is 5.88. The topological polar surface area (TPSA) is 62.8 Å². The minimum Gasteiger partial charge on any atom is -0.322 e. The number of ketones is 1. The summed E-state index contributed by atoms with van der Waals surface area (Å²) in [7, 11) is 0. The summed E-state index contributed by atoms with van der Waals surface area (Å²) in [6.07, 6.45) is 2.47. The SMILES string of the molecule is CC(C)(C)CC(=O)c1ncc(Cc2ccccc2)[nH]c1=O. The van der Waals surface area contributed by atoms with Crippen molar-refractivity contribution in [2.24, 2.45) is 5.41 Å². The van der Waals surface area contributed by atoms with E-state index in [9.17, 15) is 9.59 Å². The lowest BCUT2D eigenvalue weighted by atomic mass is 9.89. The van der Waals surface area contributed by atoms with E-state index < -0.39 is 5.56 Å². The largest absolute Gasteiger partial charge is 0.322 e. The van der Waals surface area contributed by atoms with Crippen molar-refractivity contribution in [2.75, 3.05) is 0 Å². The summed E-state index contributed by atoms with van der Waals surface area (Å²) < 4.78 is 0. The summed E-state index contributed by atoms with van der Waals surface area (Å²) >= 11 is 0. The van der Waals surface area contributed by atoms with Gasteiger partial charge in [-0.1, -0.05) is 51.1 Å². The molecular formula is C17H20N2O2. The maximum atomic E-state index is 12.1. The smallest absolute Gasteiger partial charge is 0.277 e. The van der Waals surface area contributed by atoms with Crippen LogP contribution in [0, 0.1) is 5.41 Å². The second-order valence-electron chi connectivity index (χ2n) is 6.41. The molecule has 4 nitrogen and oxygen atoms in total. The minimum atomic E-state index is -0.405. The Morgan fingerprint density at radius 2 is 1.86 bits per heavy atom. The Balaban J connectivity index is 2.18. The third-order valence-electron chi connectivity index (χ3n) is 3.03. The molecule has 0 aliphatic rings. The minimum absolute atomic E-state index is 0.00161. The van der Waals surface area contributed by atoms with Gasteiger partial charge in [0.25, 0.3) is 5.56 Å². The van der Waals surface area contributed by atoms with Gasteiger partial charge in [-0.15, -0.1) is 0 Å². The Labute approximate surface area is 124 Å². The van der Waals surface area contributed by atoms with Gasteiger partial charge >= 0.3 is 0 Å². The number of carbonyl (C=O) groups is 1. The molecule has 0 bridgehead atoms. The molecule has 1 aromatic carbocycles. The number of hydrogen-bond acceptors (Lipinski definition) is 3.